The Balaban J connectivity index is 2.48. The molecule has 4 heteroatoms. The van der Waals surface area contributed by atoms with Gasteiger partial charge in [0.1, 0.15) is 17.5 Å². The predicted octanol–water partition coefficient (Wildman–Crippen LogP) is 3.13. The minimum absolute atomic E-state index is 0.491. The van der Waals surface area contributed by atoms with E-state index < -0.39 is 6.10 Å². The fraction of sp³-hybridized carbons (Fsp3) is 0.214. The van der Waals surface area contributed by atoms with Gasteiger partial charge in [0.05, 0.1) is 7.11 Å². The standard InChI is InChI=1S/C14H14ClNO2/c1-9-10(5-3-6-11(9)15)14(17)13-12(18-2)7-4-8-16-13/h3-8,14,17H,1-2H3. The third-order valence-electron chi connectivity index (χ3n) is 2.88. The second kappa shape index (κ2) is 5.38. The molecule has 1 aromatic carbocycles. The maximum atomic E-state index is 10.4. The van der Waals surface area contributed by atoms with Gasteiger partial charge in [-0.1, -0.05) is 23.7 Å². The number of benzene rings is 1. The average Bonchev–Trinajstić information content (AvgIpc) is 2.41. The summed E-state index contributed by atoms with van der Waals surface area (Å²) >= 11 is 6.06. The zero-order valence-electron chi connectivity index (χ0n) is 10.2. The number of pyridine rings is 1. The van der Waals surface area contributed by atoms with Crippen LogP contribution in [0.15, 0.2) is 36.5 Å². The van der Waals surface area contributed by atoms with Gasteiger partial charge < -0.3 is 9.84 Å². The molecular weight excluding hydrogens is 250 g/mol. The zero-order chi connectivity index (χ0) is 13.1. The lowest BCUT2D eigenvalue weighted by Crippen LogP contribution is -2.06. The van der Waals surface area contributed by atoms with Crippen molar-refractivity contribution in [2.45, 2.75) is 13.0 Å². The van der Waals surface area contributed by atoms with E-state index >= 15 is 0 Å². The highest BCUT2D eigenvalue weighted by molar-refractivity contribution is 6.31. The van der Waals surface area contributed by atoms with Crippen LogP contribution in [0.4, 0.5) is 0 Å². The smallest absolute Gasteiger partial charge is 0.143 e. The molecule has 3 nitrogen and oxygen atoms in total. The van der Waals surface area contributed by atoms with Crippen LogP contribution in [0.5, 0.6) is 5.75 Å². The van der Waals surface area contributed by atoms with Crippen LogP contribution in [0.3, 0.4) is 0 Å². The number of aliphatic hydroxyl groups excluding tert-OH is 1. The second-order valence-corrected chi connectivity index (χ2v) is 4.35. The van der Waals surface area contributed by atoms with E-state index in [2.05, 4.69) is 4.98 Å². The van der Waals surface area contributed by atoms with Gasteiger partial charge in [0.25, 0.3) is 0 Å². The minimum Gasteiger partial charge on any atom is -0.495 e. The van der Waals surface area contributed by atoms with Gasteiger partial charge in [0, 0.05) is 11.2 Å². The van der Waals surface area contributed by atoms with Crippen LogP contribution in [0.25, 0.3) is 0 Å². The number of rotatable bonds is 3. The lowest BCUT2D eigenvalue weighted by Gasteiger charge is -2.16. The van der Waals surface area contributed by atoms with Crippen LogP contribution in [0.2, 0.25) is 5.02 Å². The number of hydrogen-bond acceptors (Lipinski definition) is 3. The van der Waals surface area contributed by atoms with Crippen molar-refractivity contribution >= 4 is 11.6 Å². The average molecular weight is 264 g/mol. The second-order valence-electron chi connectivity index (χ2n) is 3.95. The molecule has 0 aliphatic carbocycles. The third-order valence-corrected chi connectivity index (χ3v) is 3.29. The molecule has 1 N–H and O–H groups in total. The van der Waals surface area contributed by atoms with E-state index in [0.29, 0.717) is 16.5 Å². The zero-order valence-corrected chi connectivity index (χ0v) is 11.0. The first kappa shape index (κ1) is 12.9. The Bertz CT molecular complexity index is 557. The maximum Gasteiger partial charge on any atom is 0.143 e. The van der Waals surface area contributed by atoms with Crippen LogP contribution in [0.1, 0.15) is 22.9 Å². The lowest BCUT2D eigenvalue weighted by molar-refractivity contribution is 0.208. The number of halogens is 1. The molecule has 1 aromatic heterocycles. The Morgan fingerprint density at radius 2 is 2.06 bits per heavy atom. The summed E-state index contributed by atoms with van der Waals surface area (Å²) in [5, 5.41) is 11.0. The SMILES string of the molecule is COc1cccnc1C(O)c1cccc(Cl)c1C. The first-order valence-corrected chi connectivity index (χ1v) is 5.95. The molecule has 1 unspecified atom stereocenters. The van der Waals surface area contributed by atoms with Crippen molar-refractivity contribution in [2.75, 3.05) is 7.11 Å². The monoisotopic (exact) mass is 263 g/mol. The largest absolute Gasteiger partial charge is 0.495 e. The van der Waals surface area contributed by atoms with Crippen molar-refractivity contribution in [3.05, 3.63) is 58.4 Å². The first-order valence-electron chi connectivity index (χ1n) is 5.57. The lowest BCUT2D eigenvalue weighted by atomic mass is 10.0. The van der Waals surface area contributed by atoms with Crippen molar-refractivity contribution in [1.82, 2.24) is 4.98 Å². The Labute approximate surface area is 111 Å². The van der Waals surface area contributed by atoms with Crippen LogP contribution in [0, 0.1) is 6.92 Å². The van der Waals surface area contributed by atoms with E-state index in [-0.39, 0.29) is 0 Å². The van der Waals surface area contributed by atoms with Crippen molar-refractivity contribution in [2.24, 2.45) is 0 Å². The van der Waals surface area contributed by atoms with Gasteiger partial charge in [-0.15, -0.1) is 0 Å². The van der Waals surface area contributed by atoms with E-state index in [0.717, 1.165) is 11.1 Å². The van der Waals surface area contributed by atoms with Crippen LogP contribution < -0.4 is 4.74 Å². The molecule has 0 bridgehead atoms. The Hall–Kier alpha value is -1.58. The summed E-state index contributed by atoms with van der Waals surface area (Å²) in [6.07, 6.45) is 0.779. The number of nitrogens with zero attached hydrogens (tertiary/aromatic N) is 1. The summed E-state index contributed by atoms with van der Waals surface area (Å²) in [6, 6.07) is 8.97. The molecule has 94 valence electrons. The van der Waals surface area contributed by atoms with Crippen LogP contribution in [-0.4, -0.2) is 17.2 Å². The molecule has 1 heterocycles. The highest BCUT2D eigenvalue weighted by atomic mass is 35.5. The Morgan fingerprint density at radius 1 is 1.28 bits per heavy atom. The first-order chi connectivity index (χ1) is 8.65. The highest BCUT2D eigenvalue weighted by Gasteiger charge is 2.19. The van der Waals surface area contributed by atoms with E-state index in [1.807, 2.05) is 19.1 Å². The Kier molecular flexibility index (Phi) is 3.84. The molecule has 0 aliphatic heterocycles. The Morgan fingerprint density at radius 3 is 2.78 bits per heavy atom. The summed E-state index contributed by atoms with van der Waals surface area (Å²) in [7, 11) is 1.55. The molecule has 0 fully saturated rings. The molecule has 18 heavy (non-hydrogen) atoms. The van der Waals surface area contributed by atoms with Crippen LogP contribution in [-0.2, 0) is 0 Å². The van der Waals surface area contributed by atoms with Gasteiger partial charge in [-0.2, -0.15) is 0 Å². The predicted molar refractivity (Wildman–Crippen MR) is 71.0 cm³/mol. The molecular formula is C14H14ClNO2. The van der Waals surface area contributed by atoms with E-state index in [1.54, 1.807) is 31.5 Å². The van der Waals surface area contributed by atoms with Gasteiger partial charge in [-0.05, 0) is 36.2 Å². The molecule has 0 aliphatic rings. The maximum absolute atomic E-state index is 10.4. The van der Waals surface area contributed by atoms with Gasteiger partial charge in [-0.3, -0.25) is 4.98 Å². The van der Waals surface area contributed by atoms with Gasteiger partial charge in [0.15, 0.2) is 0 Å². The quantitative estimate of drug-likeness (QED) is 0.925. The number of methoxy groups -OCH3 is 1. The normalized spacial score (nSPS) is 12.2. The van der Waals surface area contributed by atoms with Crippen LogP contribution >= 0.6 is 11.6 Å². The fourth-order valence-corrected chi connectivity index (χ4v) is 2.03. The molecule has 2 rings (SSSR count). The number of aliphatic hydroxyl groups is 1. The fourth-order valence-electron chi connectivity index (χ4n) is 1.85. The molecule has 0 radical (unpaired) electrons. The van der Waals surface area contributed by atoms with Crippen molar-refractivity contribution in [1.29, 1.82) is 0 Å². The number of aromatic nitrogens is 1. The molecule has 1 atom stereocenters. The number of hydrogen-bond donors (Lipinski definition) is 1. The summed E-state index contributed by atoms with van der Waals surface area (Å²) in [6.45, 7) is 1.87. The van der Waals surface area contributed by atoms with Gasteiger partial charge >= 0.3 is 0 Å². The summed E-state index contributed by atoms with van der Waals surface area (Å²) in [5.41, 5.74) is 2.07. The summed E-state index contributed by atoms with van der Waals surface area (Å²) < 4.78 is 5.20. The third kappa shape index (κ3) is 2.33. The molecule has 0 spiro atoms. The van der Waals surface area contributed by atoms with E-state index in [9.17, 15) is 5.11 Å². The molecule has 0 amide bonds. The van der Waals surface area contributed by atoms with Gasteiger partial charge in [-0.25, -0.2) is 0 Å². The van der Waals surface area contributed by atoms with Crippen molar-refractivity contribution in [3.8, 4) is 5.75 Å². The molecule has 0 saturated heterocycles. The summed E-state index contributed by atoms with van der Waals surface area (Å²) in [4.78, 5) is 4.18. The number of ether oxygens (including phenoxy) is 1. The van der Waals surface area contributed by atoms with Crippen molar-refractivity contribution < 1.29 is 9.84 Å². The summed E-state index contributed by atoms with van der Waals surface area (Å²) in [5.74, 6) is 0.560. The topological polar surface area (TPSA) is 42.4 Å². The highest BCUT2D eigenvalue weighted by Crippen LogP contribution is 2.31. The van der Waals surface area contributed by atoms with Crippen molar-refractivity contribution in [3.63, 3.8) is 0 Å². The van der Waals surface area contributed by atoms with Gasteiger partial charge in [0.2, 0.25) is 0 Å². The van der Waals surface area contributed by atoms with E-state index in [1.165, 1.54) is 0 Å². The van der Waals surface area contributed by atoms with E-state index in [4.69, 9.17) is 16.3 Å². The molecule has 0 saturated carbocycles. The molecule has 2 aromatic rings. The minimum atomic E-state index is -0.847.